The molecule has 0 aliphatic carbocycles. The molecule has 4 nitrogen and oxygen atoms in total. The molecule has 16 heavy (non-hydrogen) atoms. The van der Waals surface area contributed by atoms with E-state index in [-0.39, 0.29) is 12.5 Å². The smallest absolute Gasteiger partial charge is 0.258 e. The molecule has 0 saturated carbocycles. The summed E-state index contributed by atoms with van der Waals surface area (Å²) in [5.41, 5.74) is 0. The van der Waals surface area contributed by atoms with Gasteiger partial charge in [0.25, 0.3) is 5.91 Å². The van der Waals surface area contributed by atoms with E-state index in [1.807, 2.05) is 0 Å². The number of halogens is 1. The Hall–Kier alpha value is -1.55. The van der Waals surface area contributed by atoms with E-state index < -0.39 is 6.04 Å². The zero-order chi connectivity index (χ0) is 12.0. The van der Waals surface area contributed by atoms with E-state index in [9.17, 15) is 9.59 Å². The van der Waals surface area contributed by atoms with E-state index in [1.165, 1.54) is 6.92 Å². The van der Waals surface area contributed by atoms with Gasteiger partial charge in [0, 0.05) is 5.02 Å². The number of rotatable bonds is 5. The van der Waals surface area contributed by atoms with Crippen LogP contribution in [0.4, 0.5) is 0 Å². The molecule has 0 aromatic heterocycles. The van der Waals surface area contributed by atoms with Gasteiger partial charge in [0.2, 0.25) is 6.29 Å². The Labute approximate surface area is 98.5 Å². The van der Waals surface area contributed by atoms with Crippen molar-refractivity contribution in [3.05, 3.63) is 29.3 Å². The Morgan fingerprint density at radius 3 is 3.00 bits per heavy atom. The van der Waals surface area contributed by atoms with E-state index in [4.69, 9.17) is 16.3 Å². The van der Waals surface area contributed by atoms with Gasteiger partial charge in [-0.3, -0.25) is 9.59 Å². The molecule has 0 bridgehead atoms. The van der Waals surface area contributed by atoms with Gasteiger partial charge in [-0.25, -0.2) is 0 Å². The van der Waals surface area contributed by atoms with Crippen LogP contribution in [0.5, 0.6) is 5.75 Å². The number of ether oxygens (including phenoxy) is 1. The lowest BCUT2D eigenvalue weighted by atomic mass is 10.3. The molecule has 1 atom stereocenters. The molecule has 0 unspecified atom stereocenters. The second kappa shape index (κ2) is 6.12. The van der Waals surface area contributed by atoms with Crippen LogP contribution in [-0.2, 0) is 9.59 Å². The van der Waals surface area contributed by atoms with E-state index in [1.54, 1.807) is 30.6 Å². The summed E-state index contributed by atoms with van der Waals surface area (Å²) in [4.78, 5) is 21.4. The predicted octanol–water partition coefficient (Wildman–Crippen LogP) is 1.33. The van der Waals surface area contributed by atoms with Gasteiger partial charge in [0.05, 0.1) is 6.04 Å². The maximum absolute atomic E-state index is 11.2. The Kier molecular flexibility index (Phi) is 4.79. The third kappa shape index (κ3) is 4.31. The van der Waals surface area contributed by atoms with Crippen molar-refractivity contribution in [2.75, 3.05) is 6.61 Å². The van der Waals surface area contributed by atoms with Gasteiger partial charge in [-0.15, -0.1) is 0 Å². The number of hydrogen-bond donors (Lipinski definition) is 1. The number of carbonyl (C=O) groups excluding carboxylic acids is 2. The largest absolute Gasteiger partial charge is 0.484 e. The molecular formula is C11H11ClNO3. The molecule has 0 saturated heterocycles. The molecule has 0 spiro atoms. The molecule has 0 aliphatic heterocycles. The van der Waals surface area contributed by atoms with Gasteiger partial charge in [0.1, 0.15) is 5.75 Å². The molecule has 1 aromatic rings. The molecule has 0 fully saturated rings. The first-order valence-corrected chi connectivity index (χ1v) is 5.05. The van der Waals surface area contributed by atoms with Crippen molar-refractivity contribution < 1.29 is 14.3 Å². The molecule has 85 valence electrons. The third-order valence-corrected chi connectivity index (χ3v) is 1.96. The molecule has 1 radical (unpaired) electrons. The summed E-state index contributed by atoms with van der Waals surface area (Å²) in [5.74, 6) is 0.126. The maximum atomic E-state index is 11.2. The molecule has 1 aromatic carbocycles. The van der Waals surface area contributed by atoms with Crippen LogP contribution in [0.15, 0.2) is 24.3 Å². The van der Waals surface area contributed by atoms with Crippen LogP contribution in [0.1, 0.15) is 6.92 Å². The first-order chi connectivity index (χ1) is 7.61. The number of amides is 1. The summed E-state index contributed by atoms with van der Waals surface area (Å²) in [7, 11) is 0. The molecule has 0 aliphatic rings. The summed E-state index contributed by atoms with van der Waals surface area (Å²) in [6, 6.07) is 6.09. The van der Waals surface area contributed by atoms with E-state index in [0.717, 1.165) is 0 Å². The lowest BCUT2D eigenvalue weighted by Gasteiger charge is -2.08. The van der Waals surface area contributed by atoms with Crippen LogP contribution in [-0.4, -0.2) is 24.8 Å². The normalized spacial score (nSPS) is 11.6. The highest BCUT2D eigenvalue weighted by Gasteiger charge is 2.07. The van der Waals surface area contributed by atoms with Crippen molar-refractivity contribution in [1.82, 2.24) is 5.32 Å². The lowest BCUT2D eigenvalue weighted by Crippen LogP contribution is -2.36. The first-order valence-electron chi connectivity index (χ1n) is 4.67. The summed E-state index contributed by atoms with van der Waals surface area (Å²) in [6.07, 6.45) is 1.64. The van der Waals surface area contributed by atoms with Crippen LogP contribution in [0.3, 0.4) is 0 Å². The SMILES string of the molecule is C[C@@H]([C]=O)NC(=O)COc1cccc(Cl)c1. The summed E-state index contributed by atoms with van der Waals surface area (Å²) in [5, 5.41) is 2.93. The zero-order valence-corrected chi connectivity index (χ0v) is 9.45. The van der Waals surface area contributed by atoms with Crippen molar-refractivity contribution in [3.63, 3.8) is 0 Å². The van der Waals surface area contributed by atoms with Crippen molar-refractivity contribution in [2.45, 2.75) is 13.0 Å². The first kappa shape index (κ1) is 12.5. The average Bonchev–Trinajstić information content (AvgIpc) is 2.26. The summed E-state index contributed by atoms with van der Waals surface area (Å²) in [6.45, 7) is 1.37. The molecule has 1 amide bonds. The topological polar surface area (TPSA) is 55.4 Å². The highest BCUT2D eigenvalue weighted by molar-refractivity contribution is 6.30. The van der Waals surface area contributed by atoms with Gasteiger partial charge < -0.3 is 10.1 Å². The van der Waals surface area contributed by atoms with Gasteiger partial charge in [-0.05, 0) is 25.1 Å². The van der Waals surface area contributed by atoms with E-state index in [2.05, 4.69) is 5.32 Å². The highest BCUT2D eigenvalue weighted by Crippen LogP contribution is 2.16. The van der Waals surface area contributed by atoms with Crippen molar-refractivity contribution in [3.8, 4) is 5.75 Å². The van der Waals surface area contributed by atoms with E-state index >= 15 is 0 Å². The van der Waals surface area contributed by atoms with Gasteiger partial charge in [0.15, 0.2) is 6.61 Å². The Morgan fingerprint density at radius 2 is 2.38 bits per heavy atom. The predicted molar refractivity (Wildman–Crippen MR) is 60.2 cm³/mol. The van der Waals surface area contributed by atoms with Crippen molar-refractivity contribution in [2.24, 2.45) is 0 Å². The van der Waals surface area contributed by atoms with Gasteiger partial charge >= 0.3 is 0 Å². The van der Waals surface area contributed by atoms with Crippen LogP contribution in [0.25, 0.3) is 0 Å². The minimum Gasteiger partial charge on any atom is -0.484 e. The number of hydrogen-bond acceptors (Lipinski definition) is 3. The lowest BCUT2D eigenvalue weighted by molar-refractivity contribution is -0.123. The second-order valence-electron chi connectivity index (χ2n) is 3.15. The minimum atomic E-state index is -0.629. The molecule has 5 heteroatoms. The Morgan fingerprint density at radius 1 is 1.62 bits per heavy atom. The van der Waals surface area contributed by atoms with Crippen LogP contribution in [0, 0.1) is 0 Å². The van der Waals surface area contributed by atoms with Crippen LogP contribution in [0.2, 0.25) is 5.02 Å². The van der Waals surface area contributed by atoms with E-state index in [0.29, 0.717) is 10.8 Å². The molecular weight excluding hydrogens is 230 g/mol. The maximum Gasteiger partial charge on any atom is 0.258 e. The third-order valence-electron chi connectivity index (χ3n) is 1.72. The fraction of sp³-hybridized carbons (Fsp3) is 0.273. The monoisotopic (exact) mass is 240 g/mol. The number of benzene rings is 1. The van der Waals surface area contributed by atoms with Crippen LogP contribution >= 0.6 is 11.6 Å². The zero-order valence-electron chi connectivity index (χ0n) is 8.70. The van der Waals surface area contributed by atoms with Crippen molar-refractivity contribution >= 4 is 23.8 Å². The van der Waals surface area contributed by atoms with Crippen molar-refractivity contribution in [1.29, 1.82) is 0 Å². The van der Waals surface area contributed by atoms with Crippen LogP contribution < -0.4 is 10.1 Å². The fourth-order valence-electron chi connectivity index (χ4n) is 1.02. The number of nitrogens with one attached hydrogen (secondary N) is 1. The summed E-state index contributed by atoms with van der Waals surface area (Å²) >= 11 is 5.74. The second-order valence-corrected chi connectivity index (χ2v) is 3.59. The minimum absolute atomic E-state index is 0.160. The molecule has 1 N–H and O–H groups in total. The fourth-order valence-corrected chi connectivity index (χ4v) is 1.20. The highest BCUT2D eigenvalue weighted by atomic mass is 35.5. The summed E-state index contributed by atoms with van der Waals surface area (Å²) < 4.78 is 5.17. The molecule has 1 rings (SSSR count). The van der Waals surface area contributed by atoms with Gasteiger partial charge in [-0.2, -0.15) is 0 Å². The Bertz CT molecular complexity index is 381. The quantitative estimate of drug-likeness (QED) is 0.845. The number of carbonyl (C=O) groups is 1. The Balaban J connectivity index is 2.40. The molecule has 0 heterocycles. The average molecular weight is 241 g/mol. The standard InChI is InChI=1S/C11H11ClNO3/c1-8(6-14)13-11(15)7-16-10-4-2-3-9(12)5-10/h2-5,8H,7H2,1H3,(H,13,15)/t8-/m0/s1. The van der Waals surface area contributed by atoms with Gasteiger partial charge in [-0.1, -0.05) is 17.7 Å².